The highest BCUT2D eigenvalue weighted by Crippen LogP contribution is 2.25. The summed E-state index contributed by atoms with van der Waals surface area (Å²) in [4.78, 5) is 0. The van der Waals surface area contributed by atoms with E-state index in [1.165, 1.54) is 0 Å². The maximum atomic E-state index is 12.4. The lowest BCUT2D eigenvalue weighted by molar-refractivity contribution is -0.144. The van der Waals surface area contributed by atoms with Gasteiger partial charge in [-0.1, -0.05) is 41.6 Å². The number of halogens is 3. The maximum Gasteiger partial charge on any atom is 0.408 e. The monoisotopic (exact) mass is 327 g/mol. The van der Waals surface area contributed by atoms with Crippen LogP contribution in [0, 0.1) is 18.3 Å². The molecule has 0 radical (unpaired) electrons. The van der Waals surface area contributed by atoms with Crippen molar-refractivity contribution in [3.8, 4) is 6.07 Å². The largest absolute Gasteiger partial charge is 0.408 e. The first-order valence-corrected chi connectivity index (χ1v) is 7.20. The van der Waals surface area contributed by atoms with Gasteiger partial charge in [0.25, 0.3) is 0 Å². The number of benzene rings is 1. The third-order valence-corrected chi connectivity index (χ3v) is 3.82. The molecule has 2 aromatic rings. The van der Waals surface area contributed by atoms with E-state index in [0.29, 0.717) is 11.1 Å². The molecule has 1 atom stereocenters. The van der Waals surface area contributed by atoms with E-state index in [0.717, 1.165) is 22.9 Å². The number of aromatic nitrogens is 4. The molecule has 0 saturated heterocycles. The van der Waals surface area contributed by atoms with E-state index in [1.807, 2.05) is 31.2 Å². The van der Waals surface area contributed by atoms with E-state index >= 15 is 0 Å². The predicted octanol–water partition coefficient (Wildman–Crippen LogP) is 2.77. The molecule has 1 unspecified atom stereocenters. The van der Waals surface area contributed by atoms with Crippen molar-refractivity contribution in [2.24, 2.45) is 0 Å². The first-order valence-electron chi connectivity index (χ1n) is 6.32. The third-order valence-electron chi connectivity index (χ3n) is 2.76. The van der Waals surface area contributed by atoms with E-state index in [1.54, 1.807) is 0 Å². The number of hydrogen-bond acceptors (Lipinski definition) is 5. The van der Waals surface area contributed by atoms with E-state index in [-0.39, 0.29) is 5.16 Å². The first-order chi connectivity index (χ1) is 10.4. The molecule has 0 aliphatic carbocycles. The Morgan fingerprint density at radius 1 is 1.32 bits per heavy atom. The number of nitrogens with zero attached hydrogens (tertiary/aromatic N) is 5. The van der Waals surface area contributed by atoms with Crippen molar-refractivity contribution in [3.05, 3.63) is 35.4 Å². The number of aryl methyl sites for hydroxylation is 1. The first kappa shape index (κ1) is 16.3. The number of hydrogen-bond donors (Lipinski definition) is 0. The molecule has 2 rings (SSSR count). The lowest BCUT2D eigenvalue weighted by Crippen LogP contribution is -2.20. The molecule has 0 N–H and O–H groups in total. The lowest BCUT2D eigenvalue weighted by Gasteiger charge is -2.10. The standard InChI is InChI=1S/C13H12F3N5S/c1-9-2-4-10(5-3-9)6-11(7-17)22-12-18-19-20-21(12)8-13(14,15)16/h2-5,11H,6,8H2,1H3. The molecule has 0 aliphatic heterocycles. The smallest absolute Gasteiger partial charge is 0.211 e. The van der Waals surface area contributed by atoms with Crippen molar-refractivity contribution < 1.29 is 13.2 Å². The molecule has 1 aromatic heterocycles. The van der Waals surface area contributed by atoms with Gasteiger partial charge in [0.05, 0.1) is 6.07 Å². The molecule has 0 saturated carbocycles. The van der Waals surface area contributed by atoms with Crippen molar-refractivity contribution in [2.75, 3.05) is 0 Å². The van der Waals surface area contributed by atoms with Gasteiger partial charge in [0.2, 0.25) is 5.16 Å². The molecule has 0 aliphatic rings. The van der Waals surface area contributed by atoms with Crippen LogP contribution in [0.4, 0.5) is 13.2 Å². The zero-order valence-electron chi connectivity index (χ0n) is 11.6. The summed E-state index contributed by atoms with van der Waals surface area (Å²) in [6.45, 7) is 0.677. The van der Waals surface area contributed by atoms with Crippen molar-refractivity contribution in [3.63, 3.8) is 0 Å². The Balaban J connectivity index is 2.06. The summed E-state index contributed by atoms with van der Waals surface area (Å²) in [6, 6.07) is 9.68. The second-order valence-corrected chi connectivity index (χ2v) is 5.83. The molecule has 0 bridgehead atoms. The average Bonchev–Trinajstić information content (AvgIpc) is 2.85. The summed E-state index contributed by atoms with van der Waals surface area (Å²) in [5, 5.41) is 18.7. The summed E-state index contributed by atoms with van der Waals surface area (Å²) in [5.74, 6) is 0. The van der Waals surface area contributed by atoms with E-state index in [4.69, 9.17) is 0 Å². The summed E-state index contributed by atoms with van der Waals surface area (Å²) in [7, 11) is 0. The number of thioether (sulfide) groups is 1. The van der Waals surface area contributed by atoms with Gasteiger partial charge >= 0.3 is 6.18 Å². The molecule has 5 nitrogen and oxygen atoms in total. The normalized spacial score (nSPS) is 12.9. The fraction of sp³-hybridized carbons (Fsp3) is 0.385. The van der Waals surface area contributed by atoms with Crippen LogP contribution in [0.1, 0.15) is 11.1 Å². The summed E-state index contributed by atoms with van der Waals surface area (Å²) in [6.07, 6.45) is -4.01. The molecule has 0 spiro atoms. The van der Waals surface area contributed by atoms with Crippen LogP contribution >= 0.6 is 11.8 Å². The lowest BCUT2D eigenvalue weighted by atomic mass is 10.1. The maximum absolute atomic E-state index is 12.4. The van der Waals surface area contributed by atoms with Crippen LogP contribution in [0.25, 0.3) is 0 Å². The molecule has 22 heavy (non-hydrogen) atoms. The topological polar surface area (TPSA) is 67.4 Å². The molecular formula is C13H12F3N5S. The van der Waals surface area contributed by atoms with Crippen LogP contribution in [-0.2, 0) is 13.0 Å². The Labute approximate surface area is 129 Å². The average molecular weight is 327 g/mol. The highest BCUT2D eigenvalue weighted by Gasteiger charge is 2.30. The van der Waals surface area contributed by atoms with E-state index in [2.05, 4.69) is 21.6 Å². The van der Waals surface area contributed by atoms with Gasteiger partial charge in [-0.2, -0.15) is 18.4 Å². The number of tetrazole rings is 1. The molecule has 1 aromatic carbocycles. The predicted molar refractivity (Wildman–Crippen MR) is 74.0 cm³/mol. The Morgan fingerprint density at radius 2 is 2.00 bits per heavy atom. The summed E-state index contributed by atoms with van der Waals surface area (Å²) < 4.78 is 37.9. The van der Waals surface area contributed by atoms with Crippen molar-refractivity contribution in [1.29, 1.82) is 5.26 Å². The van der Waals surface area contributed by atoms with Crippen LogP contribution < -0.4 is 0 Å². The molecule has 0 fully saturated rings. The van der Waals surface area contributed by atoms with Crippen LogP contribution in [-0.4, -0.2) is 31.6 Å². The van der Waals surface area contributed by atoms with Crippen LogP contribution in [0.2, 0.25) is 0 Å². The number of nitriles is 1. The van der Waals surface area contributed by atoms with Crippen molar-refractivity contribution in [2.45, 2.75) is 36.5 Å². The van der Waals surface area contributed by atoms with Crippen LogP contribution in [0.5, 0.6) is 0 Å². The second kappa shape index (κ2) is 6.79. The minimum atomic E-state index is -4.41. The Morgan fingerprint density at radius 3 is 2.59 bits per heavy atom. The Kier molecular flexibility index (Phi) is 5.03. The third kappa shape index (κ3) is 4.73. The summed E-state index contributed by atoms with van der Waals surface area (Å²) in [5.41, 5.74) is 2.03. The van der Waals surface area contributed by atoms with Gasteiger partial charge in [-0.15, -0.1) is 5.10 Å². The number of alkyl halides is 3. The van der Waals surface area contributed by atoms with Gasteiger partial charge in [0.1, 0.15) is 11.8 Å². The SMILES string of the molecule is Cc1ccc(CC(C#N)Sc2nnnn2CC(F)(F)F)cc1. The van der Waals surface area contributed by atoms with Gasteiger partial charge in [-0.25, -0.2) is 4.68 Å². The fourth-order valence-corrected chi connectivity index (χ4v) is 2.62. The minimum absolute atomic E-state index is 0.0176. The summed E-state index contributed by atoms with van der Waals surface area (Å²) >= 11 is 0.927. The second-order valence-electron chi connectivity index (χ2n) is 4.66. The highest BCUT2D eigenvalue weighted by molar-refractivity contribution is 8.00. The van der Waals surface area contributed by atoms with Gasteiger partial charge < -0.3 is 0 Å². The van der Waals surface area contributed by atoms with Crippen molar-refractivity contribution >= 4 is 11.8 Å². The van der Waals surface area contributed by atoms with Crippen molar-refractivity contribution in [1.82, 2.24) is 20.2 Å². The van der Waals surface area contributed by atoms with Crippen LogP contribution in [0.15, 0.2) is 29.4 Å². The Bertz CT molecular complexity index is 660. The molecule has 9 heteroatoms. The molecular weight excluding hydrogens is 315 g/mol. The van der Waals surface area contributed by atoms with Gasteiger partial charge in [0, 0.05) is 0 Å². The van der Waals surface area contributed by atoms with E-state index < -0.39 is 18.0 Å². The molecule has 116 valence electrons. The zero-order valence-corrected chi connectivity index (χ0v) is 12.4. The van der Waals surface area contributed by atoms with E-state index in [9.17, 15) is 18.4 Å². The number of rotatable bonds is 5. The minimum Gasteiger partial charge on any atom is -0.211 e. The highest BCUT2D eigenvalue weighted by atomic mass is 32.2. The zero-order chi connectivity index (χ0) is 16.2. The van der Waals surface area contributed by atoms with Crippen LogP contribution in [0.3, 0.4) is 0 Å². The molecule has 0 amide bonds. The Hall–Kier alpha value is -2.08. The van der Waals surface area contributed by atoms with Gasteiger partial charge in [-0.3, -0.25) is 0 Å². The fourth-order valence-electron chi connectivity index (χ4n) is 1.73. The molecule has 1 heterocycles. The van der Waals surface area contributed by atoms with Gasteiger partial charge in [-0.05, 0) is 29.3 Å². The van der Waals surface area contributed by atoms with Gasteiger partial charge in [0.15, 0.2) is 0 Å². The quantitative estimate of drug-likeness (QED) is 0.790.